The number of anilines is 1. The van der Waals surface area contributed by atoms with Gasteiger partial charge in [-0.3, -0.25) is 9.69 Å². The zero-order chi connectivity index (χ0) is 21.4. The highest BCUT2D eigenvalue weighted by molar-refractivity contribution is 6.14. The van der Waals surface area contributed by atoms with Crippen molar-refractivity contribution >= 4 is 17.5 Å². The zero-order valence-electron chi connectivity index (χ0n) is 16.8. The maximum absolute atomic E-state index is 14.1. The van der Waals surface area contributed by atoms with Crippen molar-refractivity contribution < 1.29 is 23.4 Å². The van der Waals surface area contributed by atoms with Crippen LogP contribution in [0.1, 0.15) is 21.7 Å². The smallest absolute Gasteiger partial charge is 0.232 e. The molecule has 0 atom stereocenters. The van der Waals surface area contributed by atoms with Gasteiger partial charge in [0.2, 0.25) is 5.78 Å². The summed E-state index contributed by atoms with van der Waals surface area (Å²) in [6.45, 7) is 3.16. The minimum atomic E-state index is -0.239. The second-order valence-corrected chi connectivity index (χ2v) is 7.61. The Hall–Kier alpha value is -3.58. The third-order valence-corrected chi connectivity index (χ3v) is 5.68. The monoisotopic (exact) mass is 420 g/mol. The highest BCUT2D eigenvalue weighted by Crippen LogP contribution is 2.40. The van der Waals surface area contributed by atoms with Crippen LogP contribution in [0.15, 0.2) is 65.0 Å². The van der Waals surface area contributed by atoms with E-state index in [-0.39, 0.29) is 23.1 Å². The summed E-state index contributed by atoms with van der Waals surface area (Å²) in [5.41, 5.74) is 1.61. The summed E-state index contributed by atoms with van der Waals surface area (Å²) >= 11 is 0. The zero-order valence-corrected chi connectivity index (χ0v) is 16.8. The molecule has 158 valence electrons. The number of ether oxygens (including phenoxy) is 1. The van der Waals surface area contributed by atoms with Crippen LogP contribution >= 0.6 is 0 Å². The van der Waals surface area contributed by atoms with Crippen LogP contribution < -0.4 is 9.64 Å². The van der Waals surface area contributed by atoms with Gasteiger partial charge < -0.3 is 19.2 Å². The van der Waals surface area contributed by atoms with Crippen LogP contribution in [0.3, 0.4) is 0 Å². The molecular formula is C24H21FN2O4. The number of halogens is 1. The number of allylic oxidation sites excluding steroid dienone is 1. The molecule has 31 heavy (non-hydrogen) atoms. The van der Waals surface area contributed by atoms with Crippen molar-refractivity contribution in [2.45, 2.75) is 6.54 Å². The van der Waals surface area contributed by atoms with Crippen molar-refractivity contribution in [3.63, 3.8) is 0 Å². The molecule has 1 N–H and O–H groups in total. The van der Waals surface area contributed by atoms with Gasteiger partial charge in [-0.1, -0.05) is 12.1 Å². The topological polar surface area (TPSA) is 66.2 Å². The fourth-order valence-electron chi connectivity index (χ4n) is 4.03. The molecule has 2 aliphatic heterocycles. The SMILES string of the molecule is O=C1/C(=C/c2ccco2)Oc2c1ccc(O)c2CN1CCN(c2ccccc2F)CC1. The summed E-state index contributed by atoms with van der Waals surface area (Å²) in [7, 11) is 0. The summed E-state index contributed by atoms with van der Waals surface area (Å²) < 4.78 is 25.2. The van der Waals surface area contributed by atoms with E-state index in [1.54, 1.807) is 36.4 Å². The van der Waals surface area contributed by atoms with Gasteiger partial charge in [0, 0.05) is 38.8 Å². The van der Waals surface area contributed by atoms with Crippen molar-refractivity contribution in [3.8, 4) is 11.5 Å². The number of benzene rings is 2. The molecular weight excluding hydrogens is 399 g/mol. The van der Waals surface area contributed by atoms with E-state index in [9.17, 15) is 14.3 Å². The number of rotatable bonds is 4. The molecule has 1 saturated heterocycles. The lowest BCUT2D eigenvalue weighted by Gasteiger charge is -2.36. The van der Waals surface area contributed by atoms with Crippen molar-refractivity contribution in [2.75, 3.05) is 31.1 Å². The normalized spacial score (nSPS) is 17.8. The van der Waals surface area contributed by atoms with E-state index in [1.165, 1.54) is 18.4 Å². The maximum Gasteiger partial charge on any atom is 0.232 e. The van der Waals surface area contributed by atoms with Gasteiger partial charge in [0.15, 0.2) is 5.76 Å². The second kappa shape index (κ2) is 7.92. The first-order valence-electron chi connectivity index (χ1n) is 10.1. The number of aromatic hydroxyl groups is 1. The van der Waals surface area contributed by atoms with E-state index in [4.69, 9.17) is 9.15 Å². The first-order valence-corrected chi connectivity index (χ1v) is 10.1. The highest BCUT2D eigenvalue weighted by atomic mass is 19.1. The third kappa shape index (κ3) is 3.68. The highest BCUT2D eigenvalue weighted by Gasteiger charge is 2.32. The largest absolute Gasteiger partial charge is 0.507 e. The lowest BCUT2D eigenvalue weighted by molar-refractivity contribution is 0.101. The van der Waals surface area contributed by atoms with Gasteiger partial charge in [-0.05, 0) is 36.4 Å². The number of hydrogen-bond acceptors (Lipinski definition) is 6. The van der Waals surface area contributed by atoms with Crippen LogP contribution in [0, 0.1) is 5.82 Å². The van der Waals surface area contributed by atoms with Crippen molar-refractivity contribution in [1.82, 2.24) is 4.90 Å². The first-order chi connectivity index (χ1) is 15.1. The predicted molar refractivity (Wildman–Crippen MR) is 114 cm³/mol. The van der Waals surface area contributed by atoms with Gasteiger partial charge >= 0.3 is 0 Å². The second-order valence-electron chi connectivity index (χ2n) is 7.61. The van der Waals surface area contributed by atoms with Crippen molar-refractivity contribution in [2.24, 2.45) is 0 Å². The summed E-state index contributed by atoms with van der Waals surface area (Å²) in [6, 6.07) is 13.3. The van der Waals surface area contributed by atoms with E-state index in [2.05, 4.69) is 4.90 Å². The van der Waals surface area contributed by atoms with E-state index in [0.717, 1.165) is 0 Å². The van der Waals surface area contributed by atoms with Gasteiger partial charge in [-0.2, -0.15) is 0 Å². The van der Waals surface area contributed by atoms with Crippen LogP contribution in [0.5, 0.6) is 11.5 Å². The number of carbonyl (C=O) groups excluding carboxylic acids is 1. The summed E-state index contributed by atoms with van der Waals surface area (Å²) in [6.07, 6.45) is 3.08. The molecule has 5 rings (SSSR count). The summed E-state index contributed by atoms with van der Waals surface area (Å²) in [5, 5.41) is 10.5. The van der Waals surface area contributed by atoms with Crippen LogP contribution in [-0.4, -0.2) is 42.0 Å². The molecule has 1 aromatic heterocycles. The Bertz CT molecular complexity index is 1150. The molecule has 0 saturated carbocycles. The van der Waals surface area contributed by atoms with Crippen LogP contribution in [-0.2, 0) is 6.54 Å². The Labute approximate surface area is 178 Å². The predicted octanol–water partition coefficient (Wildman–Crippen LogP) is 4.06. The van der Waals surface area contributed by atoms with E-state index in [0.29, 0.717) is 61.0 Å². The average Bonchev–Trinajstić information content (AvgIpc) is 3.40. The Kier molecular flexibility index (Phi) is 4.95. The van der Waals surface area contributed by atoms with Crippen LogP contribution in [0.25, 0.3) is 6.08 Å². The maximum atomic E-state index is 14.1. The van der Waals surface area contributed by atoms with E-state index < -0.39 is 0 Å². The number of piperazine rings is 1. The lowest BCUT2D eigenvalue weighted by atomic mass is 10.0. The van der Waals surface area contributed by atoms with Gasteiger partial charge in [0.05, 0.1) is 23.1 Å². The molecule has 0 aliphatic carbocycles. The number of furan rings is 1. The molecule has 3 heterocycles. The fourth-order valence-corrected chi connectivity index (χ4v) is 4.03. The minimum absolute atomic E-state index is 0.0855. The van der Waals surface area contributed by atoms with Crippen LogP contribution in [0.2, 0.25) is 0 Å². The number of ketones is 1. The number of para-hydroxylation sites is 1. The molecule has 7 heteroatoms. The van der Waals surface area contributed by atoms with Crippen molar-refractivity contribution in [3.05, 3.63) is 83.3 Å². The van der Waals surface area contributed by atoms with Gasteiger partial charge in [0.25, 0.3) is 0 Å². The van der Waals surface area contributed by atoms with E-state index in [1.807, 2.05) is 11.0 Å². The Balaban J connectivity index is 1.33. The first kappa shape index (κ1) is 19.4. The van der Waals surface area contributed by atoms with Gasteiger partial charge in [0.1, 0.15) is 23.1 Å². The number of hydrogen-bond donors (Lipinski definition) is 1. The molecule has 1 fully saturated rings. The van der Waals surface area contributed by atoms with Gasteiger partial charge in [-0.25, -0.2) is 4.39 Å². The standard InChI is InChI=1S/C24H21FN2O4/c25-19-5-1-2-6-20(19)27-11-9-26(10-12-27)15-18-21(28)8-7-17-23(29)22(31-24(17)18)14-16-4-3-13-30-16/h1-8,13-14,28H,9-12,15H2/b22-14-. The molecule has 0 unspecified atom stereocenters. The number of fused-ring (bicyclic) bond motifs is 1. The Morgan fingerprint density at radius 3 is 2.58 bits per heavy atom. The molecule has 2 aliphatic rings. The van der Waals surface area contributed by atoms with E-state index >= 15 is 0 Å². The molecule has 3 aromatic rings. The lowest BCUT2D eigenvalue weighted by Crippen LogP contribution is -2.46. The number of Topliss-reactive ketones (excluding diaryl/α,β-unsaturated/α-hetero) is 1. The quantitative estimate of drug-likeness (QED) is 0.642. The molecule has 0 radical (unpaired) electrons. The molecule has 0 spiro atoms. The number of carbonyl (C=O) groups is 1. The molecule has 0 amide bonds. The van der Waals surface area contributed by atoms with Gasteiger partial charge in [-0.15, -0.1) is 0 Å². The molecule has 2 aromatic carbocycles. The Morgan fingerprint density at radius 1 is 1.03 bits per heavy atom. The molecule has 0 bridgehead atoms. The number of phenols is 1. The minimum Gasteiger partial charge on any atom is -0.507 e. The third-order valence-electron chi connectivity index (χ3n) is 5.68. The summed E-state index contributed by atoms with van der Waals surface area (Å²) in [4.78, 5) is 16.9. The number of nitrogens with zero attached hydrogens (tertiary/aromatic N) is 2. The fraction of sp³-hybridized carbons (Fsp3) is 0.208. The van der Waals surface area contributed by atoms with Crippen LogP contribution in [0.4, 0.5) is 10.1 Å². The van der Waals surface area contributed by atoms with Crippen molar-refractivity contribution in [1.29, 1.82) is 0 Å². The Morgan fingerprint density at radius 2 is 1.84 bits per heavy atom. The summed E-state index contributed by atoms with van der Waals surface area (Å²) in [5.74, 6) is 0.698. The molecule has 6 nitrogen and oxygen atoms in total. The average molecular weight is 420 g/mol. The number of phenolic OH excluding ortho intramolecular Hbond substituents is 1.